The molecule has 1 aliphatic rings. The molecule has 1 aromatic heterocycles. The number of amides is 1. The number of anilines is 1. The number of carbonyl (C=O) groups is 2. The molecule has 0 bridgehead atoms. The van der Waals surface area contributed by atoms with E-state index in [0.717, 1.165) is 0 Å². The van der Waals surface area contributed by atoms with E-state index in [1.54, 1.807) is 73.1 Å². The summed E-state index contributed by atoms with van der Waals surface area (Å²) in [6.45, 7) is 6.13. The summed E-state index contributed by atoms with van der Waals surface area (Å²) in [6, 6.07) is 16.4. The summed E-state index contributed by atoms with van der Waals surface area (Å²) in [4.78, 5) is 32.1. The maximum atomic E-state index is 13.3. The van der Waals surface area contributed by atoms with Gasteiger partial charge in [0.15, 0.2) is 0 Å². The van der Waals surface area contributed by atoms with Crippen LogP contribution in [0.5, 0.6) is 11.5 Å². The molecule has 0 saturated carbocycles. The first-order chi connectivity index (χ1) is 16.4. The highest BCUT2D eigenvalue weighted by atomic mass is 16.5. The van der Waals surface area contributed by atoms with Crippen LogP contribution >= 0.6 is 0 Å². The normalized spacial score (nSPS) is 17.3. The largest absolute Gasteiger partial charge is 0.507 e. The summed E-state index contributed by atoms with van der Waals surface area (Å²) in [6.07, 6.45) is 3.13. The van der Waals surface area contributed by atoms with Gasteiger partial charge in [0.05, 0.1) is 24.3 Å². The third kappa shape index (κ3) is 4.50. The maximum Gasteiger partial charge on any atom is 0.300 e. The van der Waals surface area contributed by atoms with Crippen molar-refractivity contribution in [3.63, 3.8) is 0 Å². The van der Waals surface area contributed by atoms with Gasteiger partial charge in [-0.25, -0.2) is 0 Å². The van der Waals surface area contributed by atoms with Crippen LogP contribution in [0.15, 0.2) is 78.6 Å². The number of Topliss-reactive ketones (excluding diaryl/α,β-unsaturated/α-hetero) is 1. The van der Waals surface area contributed by atoms with Gasteiger partial charge in [-0.3, -0.25) is 19.5 Å². The van der Waals surface area contributed by atoms with Crippen molar-refractivity contribution in [3.8, 4) is 11.5 Å². The van der Waals surface area contributed by atoms with E-state index < -0.39 is 17.7 Å². The van der Waals surface area contributed by atoms with E-state index in [4.69, 9.17) is 9.47 Å². The Bertz CT molecular complexity index is 1240. The number of ketones is 1. The summed E-state index contributed by atoms with van der Waals surface area (Å²) < 4.78 is 11.3. The highest BCUT2D eigenvalue weighted by Gasteiger charge is 2.47. The summed E-state index contributed by atoms with van der Waals surface area (Å²) >= 11 is 0. The molecule has 1 atom stereocenters. The molecule has 3 aromatic rings. The molecule has 7 heteroatoms. The number of hydrogen-bond donors (Lipinski definition) is 1. The van der Waals surface area contributed by atoms with Crippen molar-refractivity contribution >= 4 is 23.1 Å². The molecule has 0 spiro atoms. The molecule has 1 aliphatic heterocycles. The number of hydrogen-bond acceptors (Lipinski definition) is 6. The number of carbonyl (C=O) groups excluding carboxylic acids is 2. The van der Waals surface area contributed by atoms with Crippen molar-refractivity contribution in [2.75, 3.05) is 11.5 Å². The Morgan fingerprint density at radius 3 is 2.53 bits per heavy atom. The number of aliphatic hydroxyl groups excluding tert-OH is 1. The number of rotatable bonds is 7. The van der Waals surface area contributed by atoms with Crippen LogP contribution in [0.2, 0.25) is 0 Å². The molecule has 0 radical (unpaired) electrons. The summed E-state index contributed by atoms with van der Waals surface area (Å²) in [5, 5.41) is 11.3. The molecule has 1 amide bonds. The van der Waals surface area contributed by atoms with E-state index in [-0.39, 0.29) is 17.4 Å². The molecule has 7 nitrogen and oxygen atoms in total. The molecule has 1 saturated heterocycles. The predicted molar refractivity (Wildman–Crippen MR) is 129 cm³/mol. The molecule has 174 valence electrons. The minimum atomic E-state index is -0.861. The first-order valence-electron chi connectivity index (χ1n) is 11.1. The summed E-state index contributed by atoms with van der Waals surface area (Å²) in [7, 11) is 0. The van der Waals surface area contributed by atoms with E-state index in [9.17, 15) is 14.7 Å². The van der Waals surface area contributed by atoms with Crippen LogP contribution in [-0.2, 0) is 9.59 Å². The molecule has 2 aromatic carbocycles. The molecule has 2 heterocycles. The first kappa shape index (κ1) is 23.0. The average molecular weight is 459 g/mol. The minimum absolute atomic E-state index is 0.0125. The highest BCUT2D eigenvalue weighted by Crippen LogP contribution is 2.42. The number of ether oxygens (including phenoxy) is 2. The van der Waals surface area contributed by atoms with Gasteiger partial charge in [-0.2, -0.15) is 0 Å². The Labute approximate surface area is 198 Å². The van der Waals surface area contributed by atoms with Gasteiger partial charge in [-0.15, -0.1) is 0 Å². The smallest absolute Gasteiger partial charge is 0.300 e. The van der Waals surface area contributed by atoms with Crippen LogP contribution in [0.25, 0.3) is 5.76 Å². The lowest BCUT2D eigenvalue weighted by Gasteiger charge is -2.25. The molecule has 0 aliphatic carbocycles. The van der Waals surface area contributed by atoms with Crippen LogP contribution in [-0.4, -0.2) is 34.5 Å². The second kappa shape index (κ2) is 9.79. The van der Waals surface area contributed by atoms with Crippen molar-refractivity contribution in [1.29, 1.82) is 0 Å². The predicted octanol–water partition coefficient (Wildman–Crippen LogP) is 4.89. The fourth-order valence-electron chi connectivity index (χ4n) is 3.99. The van der Waals surface area contributed by atoms with Gasteiger partial charge in [-0.05, 0) is 56.7 Å². The quantitative estimate of drug-likeness (QED) is 0.308. The summed E-state index contributed by atoms with van der Waals surface area (Å²) in [5.41, 5.74) is 1.45. The minimum Gasteiger partial charge on any atom is -0.507 e. The Kier molecular flexibility index (Phi) is 6.63. The van der Waals surface area contributed by atoms with E-state index in [1.165, 1.54) is 4.90 Å². The van der Waals surface area contributed by atoms with Crippen LogP contribution < -0.4 is 14.4 Å². The Morgan fingerprint density at radius 1 is 1.06 bits per heavy atom. The van der Waals surface area contributed by atoms with Gasteiger partial charge in [0.25, 0.3) is 11.7 Å². The second-order valence-corrected chi connectivity index (χ2v) is 8.08. The average Bonchev–Trinajstić information content (AvgIpc) is 3.10. The third-order valence-corrected chi connectivity index (χ3v) is 5.33. The van der Waals surface area contributed by atoms with Crippen molar-refractivity contribution in [3.05, 3.63) is 89.8 Å². The Balaban J connectivity index is 1.88. The fraction of sp³-hybridized carbons (Fsp3) is 0.222. The second-order valence-electron chi connectivity index (χ2n) is 8.08. The van der Waals surface area contributed by atoms with Crippen LogP contribution in [0.4, 0.5) is 5.69 Å². The fourth-order valence-corrected chi connectivity index (χ4v) is 3.99. The van der Waals surface area contributed by atoms with Crippen molar-refractivity contribution in [2.24, 2.45) is 0 Å². The molecule has 1 unspecified atom stereocenters. The van der Waals surface area contributed by atoms with E-state index in [0.29, 0.717) is 34.9 Å². The number of pyridine rings is 1. The Morgan fingerprint density at radius 2 is 1.82 bits per heavy atom. The molecule has 1 N–H and O–H groups in total. The van der Waals surface area contributed by atoms with Gasteiger partial charge in [0, 0.05) is 29.7 Å². The molecule has 4 rings (SSSR count). The molecular formula is C27H26N2O5. The van der Waals surface area contributed by atoms with Crippen molar-refractivity contribution in [2.45, 2.75) is 32.9 Å². The zero-order valence-corrected chi connectivity index (χ0v) is 19.3. The Hall–Kier alpha value is -4.13. The van der Waals surface area contributed by atoms with Gasteiger partial charge >= 0.3 is 0 Å². The van der Waals surface area contributed by atoms with Crippen LogP contribution in [0.1, 0.15) is 37.9 Å². The lowest BCUT2D eigenvalue weighted by atomic mass is 9.96. The van der Waals surface area contributed by atoms with E-state index in [2.05, 4.69) is 4.98 Å². The lowest BCUT2D eigenvalue weighted by molar-refractivity contribution is -0.132. The SMILES string of the molecule is CCOc1cccc(N2C(=O)C(=O)/C(=C(/O)c3cccc(OC(C)C)c3)C2c2cccnc2)c1. The topological polar surface area (TPSA) is 89.0 Å². The van der Waals surface area contributed by atoms with Gasteiger partial charge in [-0.1, -0.05) is 24.3 Å². The van der Waals surface area contributed by atoms with Crippen molar-refractivity contribution in [1.82, 2.24) is 4.98 Å². The van der Waals surface area contributed by atoms with Gasteiger partial charge < -0.3 is 14.6 Å². The van der Waals surface area contributed by atoms with E-state index >= 15 is 0 Å². The zero-order valence-electron chi connectivity index (χ0n) is 19.3. The monoisotopic (exact) mass is 458 g/mol. The highest BCUT2D eigenvalue weighted by molar-refractivity contribution is 6.51. The third-order valence-electron chi connectivity index (χ3n) is 5.33. The lowest BCUT2D eigenvalue weighted by Crippen LogP contribution is -2.29. The van der Waals surface area contributed by atoms with Crippen LogP contribution in [0.3, 0.4) is 0 Å². The van der Waals surface area contributed by atoms with Crippen molar-refractivity contribution < 1.29 is 24.2 Å². The maximum absolute atomic E-state index is 13.3. The van der Waals surface area contributed by atoms with Crippen LogP contribution in [0, 0.1) is 0 Å². The molecule has 34 heavy (non-hydrogen) atoms. The van der Waals surface area contributed by atoms with E-state index in [1.807, 2.05) is 20.8 Å². The molecule has 1 fully saturated rings. The zero-order chi connectivity index (χ0) is 24.2. The number of nitrogens with zero attached hydrogens (tertiary/aromatic N) is 2. The summed E-state index contributed by atoms with van der Waals surface area (Å²) in [5.74, 6) is -0.659. The standard InChI is InChI=1S/C27H26N2O5/c1-4-33-21-11-6-10-20(15-21)29-24(19-9-7-13-28-16-19)23(26(31)27(29)32)25(30)18-8-5-12-22(14-18)34-17(2)3/h5-17,24,30H,4H2,1-3H3/b25-23+. The number of aliphatic hydroxyl groups is 1. The number of aromatic nitrogens is 1. The molecular weight excluding hydrogens is 432 g/mol. The van der Waals surface area contributed by atoms with Gasteiger partial charge in [0.2, 0.25) is 0 Å². The number of benzene rings is 2. The van der Waals surface area contributed by atoms with Gasteiger partial charge in [0.1, 0.15) is 17.3 Å². The first-order valence-corrected chi connectivity index (χ1v) is 11.1.